The molecule has 17 heavy (non-hydrogen) atoms. The molecule has 1 aromatic rings. The lowest BCUT2D eigenvalue weighted by Crippen LogP contribution is -2.37. The minimum atomic E-state index is -0.786. The van der Waals surface area contributed by atoms with Gasteiger partial charge in [0.25, 0.3) is 0 Å². The van der Waals surface area contributed by atoms with Gasteiger partial charge < -0.3 is 5.32 Å². The van der Waals surface area contributed by atoms with Crippen LogP contribution < -0.4 is 5.32 Å². The monoisotopic (exact) mass is 303 g/mol. The van der Waals surface area contributed by atoms with Crippen molar-refractivity contribution in [2.45, 2.75) is 39.7 Å². The Balaban J connectivity index is 2.43. The molecule has 0 spiro atoms. The molecule has 1 nitrogen and oxygen atoms in total. The van der Waals surface area contributed by atoms with E-state index in [1.807, 2.05) is 0 Å². The Kier molecular flexibility index (Phi) is 3.19. The lowest BCUT2D eigenvalue weighted by atomic mass is 9.81. The second kappa shape index (κ2) is 4.23. The van der Waals surface area contributed by atoms with Crippen molar-refractivity contribution < 1.29 is 8.78 Å². The molecule has 1 aliphatic heterocycles. The predicted molar refractivity (Wildman–Crippen MR) is 69.2 cm³/mol. The smallest absolute Gasteiger partial charge is 0.164 e. The van der Waals surface area contributed by atoms with Crippen LogP contribution >= 0.6 is 15.9 Å². The fourth-order valence-corrected chi connectivity index (χ4v) is 2.77. The molecule has 0 saturated carbocycles. The molecule has 2 rings (SSSR count). The van der Waals surface area contributed by atoms with E-state index in [2.05, 4.69) is 42.0 Å². The van der Waals surface area contributed by atoms with Gasteiger partial charge in [-0.3, -0.25) is 0 Å². The van der Waals surface area contributed by atoms with Gasteiger partial charge in [-0.05, 0) is 40.3 Å². The summed E-state index contributed by atoms with van der Waals surface area (Å²) < 4.78 is 27.5. The van der Waals surface area contributed by atoms with Gasteiger partial charge in [-0.15, -0.1) is 0 Å². The highest BCUT2D eigenvalue weighted by Gasteiger charge is 2.31. The molecule has 1 unspecified atom stereocenters. The standard InChI is InChI=1S/C13H16BrF2N/c1-13(2,3)10-5-4-7-11(16)9(15)6-8(14)12(7)17-10/h6,10,17H,4-5H2,1-3H3. The fraction of sp³-hybridized carbons (Fsp3) is 0.538. The predicted octanol–water partition coefficient (Wildman–Crippen LogP) is 4.50. The second-order valence-corrected chi connectivity index (χ2v) is 6.46. The Bertz CT molecular complexity index is 452. The van der Waals surface area contributed by atoms with E-state index in [4.69, 9.17) is 0 Å². The molecule has 0 fully saturated rings. The topological polar surface area (TPSA) is 12.0 Å². The molecule has 0 aliphatic carbocycles. The summed E-state index contributed by atoms with van der Waals surface area (Å²) in [6.07, 6.45) is 1.40. The van der Waals surface area contributed by atoms with Crippen molar-refractivity contribution in [3.63, 3.8) is 0 Å². The van der Waals surface area contributed by atoms with Crippen molar-refractivity contribution >= 4 is 21.6 Å². The average molecular weight is 304 g/mol. The minimum absolute atomic E-state index is 0.0992. The Morgan fingerprint density at radius 1 is 1.35 bits per heavy atom. The third kappa shape index (κ3) is 2.32. The van der Waals surface area contributed by atoms with Gasteiger partial charge in [-0.2, -0.15) is 0 Å². The van der Waals surface area contributed by atoms with Gasteiger partial charge in [0.1, 0.15) is 0 Å². The number of anilines is 1. The number of fused-ring (bicyclic) bond motifs is 1. The summed E-state index contributed by atoms with van der Waals surface area (Å²) in [5.41, 5.74) is 1.26. The molecule has 94 valence electrons. The molecular weight excluding hydrogens is 288 g/mol. The third-order valence-electron chi connectivity index (χ3n) is 3.32. The largest absolute Gasteiger partial charge is 0.381 e. The minimum Gasteiger partial charge on any atom is -0.381 e. The molecule has 1 heterocycles. The van der Waals surface area contributed by atoms with Crippen LogP contribution in [0.5, 0.6) is 0 Å². The van der Waals surface area contributed by atoms with Crippen molar-refractivity contribution in [1.82, 2.24) is 0 Å². The van der Waals surface area contributed by atoms with E-state index in [9.17, 15) is 8.78 Å². The number of halogens is 3. The Morgan fingerprint density at radius 3 is 2.59 bits per heavy atom. The molecule has 1 aromatic carbocycles. The molecule has 0 radical (unpaired) electrons. The number of hydrogen-bond donors (Lipinski definition) is 1. The maximum Gasteiger partial charge on any atom is 0.164 e. The highest BCUT2D eigenvalue weighted by Crippen LogP contribution is 2.39. The zero-order valence-corrected chi connectivity index (χ0v) is 11.8. The fourth-order valence-electron chi connectivity index (χ4n) is 2.22. The Labute approximate surface area is 109 Å². The van der Waals surface area contributed by atoms with E-state index in [1.165, 1.54) is 6.07 Å². The van der Waals surface area contributed by atoms with Crippen LogP contribution in [0.25, 0.3) is 0 Å². The molecule has 1 atom stereocenters. The van der Waals surface area contributed by atoms with Crippen molar-refractivity contribution in [3.8, 4) is 0 Å². The van der Waals surface area contributed by atoms with Crippen molar-refractivity contribution in [3.05, 3.63) is 27.7 Å². The summed E-state index contributed by atoms with van der Waals surface area (Å²) in [5, 5.41) is 3.32. The maximum atomic E-state index is 13.7. The van der Waals surface area contributed by atoms with E-state index in [-0.39, 0.29) is 11.5 Å². The average Bonchev–Trinajstić information content (AvgIpc) is 2.24. The zero-order valence-electron chi connectivity index (χ0n) is 10.2. The SMILES string of the molecule is CC(C)(C)C1CCc2c(F)c(F)cc(Br)c2N1. The molecule has 0 amide bonds. The highest BCUT2D eigenvalue weighted by atomic mass is 79.9. The first-order chi connectivity index (χ1) is 7.80. The van der Waals surface area contributed by atoms with Crippen molar-refractivity contribution in [2.75, 3.05) is 5.32 Å². The van der Waals surface area contributed by atoms with Gasteiger partial charge in [-0.25, -0.2) is 8.78 Å². The summed E-state index contributed by atoms with van der Waals surface area (Å²) in [4.78, 5) is 0. The quantitative estimate of drug-likeness (QED) is 0.696. The molecule has 4 heteroatoms. The van der Waals surface area contributed by atoms with Crippen LogP contribution in [-0.2, 0) is 6.42 Å². The summed E-state index contributed by atoms with van der Waals surface area (Å²) in [6, 6.07) is 1.46. The number of hydrogen-bond acceptors (Lipinski definition) is 1. The second-order valence-electron chi connectivity index (χ2n) is 5.61. The maximum absolute atomic E-state index is 13.7. The summed E-state index contributed by atoms with van der Waals surface area (Å²) >= 11 is 3.29. The van der Waals surface area contributed by atoms with Crippen LogP contribution in [0.15, 0.2) is 10.5 Å². The molecule has 1 aliphatic rings. The van der Waals surface area contributed by atoms with Crippen LogP contribution in [0, 0.1) is 17.0 Å². The summed E-state index contributed by atoms with van der Waals surface area (Å²) in [5.74, 6) is -1.50. The van der Waals surface area contributed by atoms with Crippen LogP contribution in [0.2, 0.25) is 0 Å². The van der Waals surface area contributed by atoms with Crippen LogP contribution in [0.4, 0.5) is 14.5 Å². The van der Waals surface area contributed by atoms with E-state index in [0.29, 0.717) is 22.1 Å². The molecular formula is C13H16BrF2N. The van der Waals surface area contributed by atoms with Gasteiger partial charge in [0.15, 0.2) is 11.6 Å². The van der Waals surface area contributed by atoms with E-state index in [1.54, 1.807) is 0 Å². The van der Waals surface area contributed by atoms with Gasteiger partial charge in [0.2, 0.25) is 0 Å². The van der Waals surface area contributed by atoms with Crippen LogP contribution in [0.3, 0.4) is 0 Å². The number of nitrogens with one attached hydrogen (secondary N) is 1. The molecule has 0 aromatic heterocycles. The number of rotatable bonds is 0. The molecule has 1 N–H and O–H groups in total. The molecule has 0 saturated heterocycles. The first-order valence-electron chi connectivity index (χ1n) is 5.73. The molecule has 0 bridgehead atoms. The van der Waals surface area contributed by atoms with Gasteiger partial charge >= 0.3 is 0 Å². The van der Waals surface area contributed by atoms with Crippen LogP contribution in [0.1, 0.15) is 32.8 Å². The van der Waals surface area contributed by atoms with Gasteiger partial charge in [0.05, 0.1) is 5.69 Å². The zero-order chi connectivity index (χ0) is 12.8. The third-order valence-corrected chi connectivity index (χ3v) is 3.94. The first-order valence-corrected chi connectivity index (χ1v) is 6.53. The van der Waals surface area contributed by atoms with Crippen molar-refractivity contribution in [2.24, 2.45) is 5.41 Å². The summed E-state index contributed by atoms with van der Waals surface area (Å²) in [6.45, 7) is 6.43. The van der Waals surface area contributed by atoms with E-state index < -0.39 is 11.6 Å². The van der Waals surface area contributed by atoms with Gasteiger partial charge in [0, 0.05) is 16.1 Å². The lowest BCUT2D eigenvalue weighted by molar-refractivity contribution is 0.318. The lowest BCUT2D eigenvalue weighted by Gasteiger charge is -2.37. The normalized spacial score (nSPS) is 19.8. The Morgan fingerprint density at radius 2 is 2.00 bits per heavy atom. The van der Waals surface area contributed by atoms with E-state index in [0.717, 1.165) is 6.42 Å². The van der Waals surface area contributed by atoms with Crippen LogP contribution in [-0.4, -0.2) is 6.04 Å². The Hall–Kier alpha value is -0.640. The van der Waals surface area contributed by atoms with Crippen molar-refractivity contribution in [1.29, 1.82) is 0 Å². The van der Waals surface area contributed by atoms with Gasteiger partial charge in [-0.1, -0.05) is 20.8 Å². The number of benzene rings is 1. The summed E-state index contributed by atoms with van der Waals surface area (Å²) in [7, 11) is 0. The highest BCUT2D eigenvalue weighted by molar-refractivity contribution is 9.10. The van der Waals surface area contributed by atoms with E-state index >= 15 is 0 Å². The first kappa shape index (κ1) is 12.8.